The molecule has 1 atom stereocenters. The van der Waals surface area contributed by atoms with Crippen LogP contribution in [-0.2, 0) is 41.6 Å². The van der Waals surface area contributed by atoms with Gasteiger partial charge in [-0.25, -0.2) is 8.42 Å². The largest absolute Gasteiger partial charge is 0.443 e. The lowest BCUT2D eigenvalue weighted by Crippen LogP contribution is -2.53. The molecule has 2 aliphatic heterocycles. The molecular weight excluding hydrogens is 566 g/mol. The number of aryl methyl sites for hydroxylation is 1. The summed E-state index contributed by atoms with van der Waals surface area (Å²) in [5.41, 5.74) is 7.11. The van der Waals surface area contributed by atoms with E-state index in [0.717, 1.165) is 16.8 Å². The molecule has 2 heterocycles. The van der Waals surface area contributed by atoms with Crippen molar-refractivity contribution >= 4 is 33.3 Å². The number of nitrogens with zero attached hydrogens (tertiary/aromatic N) is 2. The predicted molar refractivity (Wildman–Crippen MR) is 162 cm³/mol. The fourth-order valence-electron chi connectivity index (χ4n) is 6.67. The monoisotopic (exact) mass is 601 g/mol. The van der Waals surface area contributed by atoms with Gasteiger partial charge in [-0.2, -0.15) is 0 Å². The van der Waals surface area contributed by atoms with E-state index in [1.165, 1.54) is 0 Å². The van der Waals surface area contributed by atoms with Gasteiger partial charge in [-0.1, -0.05) is 54.6 Å². The number of piperidine rings is 1. The van der Waals surface area contributed by atoms with Gasteiger partial charge in [-0.3, -0.25) is 14.4 Å². The number of nitrogens with two attached hydrogens (primary N) is 1. The molecular formula is C33H35N3O6S. The molecule has 2 saturated heterocycles. The van der Waals surface area contributed by atoms with E-state index in [9.17, 15) is 22.8 Å². The van der Waals surface area contributed by atoms with Crippen molar-refractivity contribution in [3.63, 3.8) is 0 Å². The molecule has 1 aliphatic carbocycles. The van der Waals surface area contributed by atoms with Crippen LogP contribution in [0.2, 0.25) is 0 Å². The molecule has 3 aromatic carbocycles. The zero-order valence-electron chi connectivity index (χ0n) is 23.9. The van der Waals surface area contributed by atoms with Crippen molar-refractivity contribution in [3.8, 4) is 0 Å². The van der Waals surface area contributed by atoms with Gasteiger partial charge in [0.2, 0.25) is 5.60 Å². The highest BCUT2D eigenvalue weighted by Crippen LogP contribution is 2.44. The SMILES string of the molecule is NC(=O)C1(OC(=O)C2(c3ccccc3)CCN(C(=O)c3ccc(N4CCS(=O)(=O)CC4)cc3)CC2)CCc2ccccc21. The normalized spacial score (nSPS) is 22.4. The van der Waals surface area contributed by atoms with Gasteiger partial charge in [0, 0.05) is 49.4 Å². The number of carbonyl (C=O) groups is 3. The van der Waals surface area contributed by atoms with Crippen LogP contribution in [0.5, 0.6) is 0 Å². The third-order valence-electron chi connectivity index (χ3n) is 9.31. The molecule has 2 fully saturated rings. The van der Waals surface area contributed by atoms with Crippen molar-refractivity contribution < 1.29 is 27.5 Å². The van der Waals surface area contributed by atoms with E-state index in [-0.39, 0.29) is 17.4 Å². The average molecular weight is 602 g/mol. The van der Waals surface area contributed by atoms with Gasteiger partial charge in [0.15, 0.2) is 9.84 Å². The molecule has 6 rings (SSSR count). The number of primary amides is 1. The summed E-state index contributed by atoms with van der Waals surface area (Å²) in [4.78, 5) is 44.3. The summed E-state index contributed by atoms with van der Waals surface area (Å²) < 4.78 is 29.7. The van der Waals surface area contributed by atoms with Crippen LogP contribution in [0.15, 0.2) is 78.9 Å². The number of likely N-dealkylation sites (tertiary alicyclic amines) is 1. The lowest BCUT2D eigenvalue weighted by molar-refractivity contribution is -0.176. The smallest absolute Gasteiger partial charge is 0.318 e. The third-order valence-corrected chi connectivity index (χ3v) is 10.9. The second kappa shape index (κ2) is 11.1. The highest BCUT2D eigenvalue weighted by atomic mass is 32.2. The Hall–Kier alpha value is -4.18. The van der Waals surface area contributed by atoms with Crippen molar-refractivity contribution in [2.45, 2.75) is 36.7 Å². The molecule has 0 aromatic heterocycles. The molecule has 3 aromatic rings. The second-order valence-corrected chi connectivity index (χ2v) is 14.0. The van der Waals surface area contributed by atoms with Crippen LogP contribution in [0.3, 0.4) is 0 Å². The molecule has 2 N–H and O–H groups in total. The Labute approximate surface area is 251 Å². The van der Waals surface area contributed by atoms with Crippen LogP contribution in [-0.4, -0.2) is 68.8 Å². The van der Waals surface area contributed by atoms with Crippen LogP contribution in [0, 0.1) is 0 Å². The van der Waals surface area contributed by atoms with E-state index >= 15 is 0 Å². The van der Waals surface area contributed by atoms with Crippen molar-refractivity contribution in [1.82, 2.24) is 4.90 Å². The molecule has 43 heavy (non-hydrogen) atoms. The molecule has 2 amide bonds. The first-order chi connectivity index (χ1) is 20.6. The maximum Gasteiger partial charge on any atom is 0.318 e. The van der Waals surface area contributed by atoms with Gasteiger partial charge < -0.3 is 20.3 Å². The van der Waals surface area contributed by atoms with E-state index in [1.54, 1.807) is 23.1 Å². The topological polar surface area (TPSA) is 127 Å². The van der Waals surface area contributed by atoms with Crippen LogP contribution in [0.1, 0.15) is 46.3 Å². The van der Waals surface area contributed by atoms with Gasteiger partial charge in [0.1, 0.15) is 0 Å². The van der Waals surface area contributed by atoms with Gasteiger partial charge in [0.05, 0.1) is 16.9 Å². The van der Waals surface area contributed by atoms with Gasteiger partial charge in [0.25, 0.3) is 11.8 Å². The molecule has 9 nitrogen and oxygen atoms in total. The van der Waals surface area contributed by atoms with E-state index in [0.29, 0.717) is 63.0 Å². The minimum Gasteiger partial charge on any atom is -0.443 e. The predicted octanol–water partition coefficient (Wildman–Crippen LogP) is 2.97. The zero-order chi connectivity index (χ0) is 30.2. The Kier molecular flexibility index (Phi) is 7.50. The highest BCUT2D eigenvalue weighted by molar-refractivity contribution is 7.91. The van der Waals surface area contributed by atoms with Gasteiger partial charge in [-0.05, 0) is 54.7 Å². The van der Waals surface area contributed by atoms with Gasteiger partial charge in [-0.15, -0.1) is 0 Å². The van der Waals surface area contributed by atoms with Crippen molar-refractivity contribution in [2.75, 3.05) is 42.6 Å². The van der Waals surface area contributed by atoms with Crippen molar-refractivity contribution in [2.24, 2.45) is 5.73 Å². The maximum atomic E-state index is 14.2. The average Bonchev–Trinajstić information content (AvgIpc) is 3.41. The number of sulfone groups is 1. The lowest BCUT2D eigenvalue weighted by atomic mass is 9.72. The number of esters is 1. The number of fused-ring (bicyclic) bond motifs is 1. The first-order valence-electron chi connectivity index (χ1n) is 14.7. The Bertz CT molecular complexity index is 1640. The number of carbonyl (C=O) groups excluding carboxylic acids is 3. The third kappa shape index (κ3) is 5.29. The number of ether oxygens (including phenoxy) is 1. The molecule has 1 unspecified atom stereocenters. The van der Waals surface area contributed by atoms with Crippen molar-refractivity contribution in [3.05, 3.63) is 101 Å². The summed E-state index contributed by atoms with van der Waals surface area (Å²) in [5, 5.41) is 0. The second-order valence-electron chi connectivity index (χ2n) is 11.7. The van der Waals surface area contributed by atoms with E-state index in [4.69, 9.17) is 10.5 Å². The van der Waals surface area contributed by atoms with E-state index in [1.807, 2.05) is 65.6 Å². The Balaban J connectivity index is 1.20. The Morgan fingerprint density at radius 3 is 2.05 bits per heavy atom. The first-order valence-corrected chi connectivity index (χ1v) is 16.5. The number of hydrogen-bond acceptors (Lipinski definition) is 7. The fourth-order valence-corrected chi connectivity index (χ4v) is 7.87. The summed E-state index contributed by atoms with van der Waals surface area (Å²) in [5.74, 6) is -1.08. The fraction of sp³-hybridized carbons (Fsp3) is 0.364. The van der Waals surface area contributed by atoms with E-state index < -0.39 is 32.7 Å². The number of rotatable bonds is 6. The molecule has 3 aliphatic rings. The Morgan fingerprint density at radius 1 is 0.767 bits per heavy atom. The first kappa shape index (κ1) is 28.9. The van der Waals surface area contributed by atoms with E-state index in [2.05, 4.69) is 0 Å². The summed E-state index contributed by atoms with van der Waals surface area (Å²) in [6.07, 6.45) is 1.55. The number of anilines is 1. The Morgan fingerprint density at radius 2 is 1.40 bits per heavy atom. The molecule has 10 heteroatoms. The van der Waals surface area contributed by atoms with Crippen LogP contribution < -0.4 is 10.6 Å². The quantitative estimate of drug-likeness (QED) is 0.431. The standard InChI is InChI=1S/C33H35N3O6S/c34-30(38)33(15-14-24-6-4-5-9-28(24)33)42-31(39)32(26-7-2-1-3-8-26)16-18-36(19-17-32)29(37)25-10-12-27(13-11-25)35-20-22-43(40,41)23-21-35/h1-13H,14-23H2,(H2,34,38). The summed E-state index contributed by atoms with van der Waals surface area (Å²) in [6, 6.07) is 24.1. The van der Waals surface area contributed by atoms with Gasteiger partial charge >= 0.3 is 5.97 Å². The van der Waals surface area contributed by atoms with Crippen LogP contribution >= 0.6 is 0 Å². The minimum atomic E-state index is -2.98. The highest BCUT2D eigenvalue weighted by Gasteiger charge is 2.53. The maximum absolute atomic E-state index is 14.2. The molecule has 0 spiro atoms. The van der Waals surface area contributed by atoms with Crippen LogP contribution in [0.4, 0.5) is 5.69 Å². The molecule has 0 bridgehead atoms. The van der Waals surface area contributed by atoms with Crippen LogP contribution in [0.25, 0.3) is 0 Å². The summed E-state index contributed by atoms with van der Waals surface area (Å²) in [7, 11) is -2.98. The minimum absolute atomic E-state index is 0.125. The van der Waals surface area contributed by atoms with Crippen molar-refractivity contribution in [1.29, 1.82) is 0 Å². The summed E-state index contributed by atoms with van der Waals surface area (Å²) >= 11 is 0. The number of amides is 2. The zero-order valence-corrected chi connectivity index (χ0v) is 24.7. The summed E-state index contributed by atoms with van der Waals surface area (Å²) in [6.45, 7) is 1.52. The molecule has 0 radical (unpaired) electrons. The molecule has 224 valence electrons. The molecule has 0 saturated carbocycles. The number of hydrogen-bond donors (Lipinski definition) is 1. The lowest BCUT2D eigenvalue weighted by Gasteiger charge is -2.42. The number of benzene rings is 3.